The van der Waals surface area contributed by atoms with Gasteiger partial charge in [0.25, 0.3) is 0 Å². The molecular weight excluding hydrogens is 255 g/mol. The Balaban J connectivity index is 1.83. The van der Waals surface area contributed by atoms with Gasteiger partial charge in [0.2, 0.25) is 5.91 Å². The lowest BCUT2D eigenvalue weighted by Gasteiger charge is -2.16. The number of rotatable bonds is 3. The van der Waals surface area contributed by atoms with Crippen molar-refractivity contribution in [2.45, 2.75) is 18.3 Å². The number of carbonyl (C=O) groups excluding carboxylic acids is 1. The van der Waals surface area contributed by atoms with Crippen molar-refractivity contribution in [2.24, 2.45) is 0 Å². The average Bonchev–Trinajstić information content (AvgIpc) is 3.24. The maximum atomic E-state index is 13.0. The molecule has 3 N–H and O–H groups in total. The fourth-order valence-corrected chi connectivity index (χ4v) is 2.42. The molecule has 0 heterocycles. The first-order chi connectivity index (χ1) is 9.62. The van der Waals surface area contributed by atoms with Crippen LogP contribution in [0.5, 0.6) is 0 Å². The Bertz CT molecular complexity index is 651. The number of hydrogen-bond acceptors (Lipinski definition) is 2. The first kappa shape index (κ1) is 12.7. The van der Waals surface area contributed by atoms with Crippen molar-refractivity contribution < 1.29 is 9.18 Å². The van der Waals surface area contributed by atoms with Gasteiger partial charge in [-0.3, -0.25) is 4.79 Å². The molecule has 1 fully saturated rings. The first-order valence-corrected chi connectivity index (χ1v) is 6.54. The molecule has 0 radical (unpaired) electrons. The topological polar surface area (TPSA) is 55.1 Å². The average molecular weight is 270 g/mol. The van der Waals surface area contributed by atoms with Crippen molar-refractivity contribution in [1.29, 1.82) is 0 Å². The highest BCUT2D eigenvalue weighted by molar-refractivity contribution is 6.03. The van der Waals surface area contributed by atoms with Crippen LogP contribution in [0.1, 0.15) is 18.4 Å². The maximum absolute atomic E-state index is 13.0. The van der Waals surface area contributed by atoms with Gasteiger partial charge in [-0.1, -0.05) is 30.3 Å². The fourth-order valence-electron chi connectivity index (χ4n) is 2.42. The molecule has 0 bridgehead atoms. The smallest absolute Gasteiger partial charge is 0.235 e. The number of carbonyl (C=O) groups is 1. The summed E-state index contributed by atoms with van der Waals surface area (Å²) in [5.41, 5.74) is 6.97. The van der Waals surface area contributed by atoms with Crippen LogP contribution in [-0.4, -0.2) is 5.91 Å². The summed E-state index contributed by atoms with van der Waals surface area (Å²) in [7, 11) is 0. The third-order valence-electron chi connectivity index (χ3n) is 3.77. The number of nitrogen functional groups attached to an aromatic ring is 1. The molecule has 2 aromatic carbocycles. The van der Waals surface area contributed by atoms with Gasteiger partial charge in [-0.25, -0.2) is 4.39 Å². The van der Waals surface area contributed by atoms with Crippen LogP contribution >= 0.6 is 0 Å². The third-order valence-corrected chi connectivity index (χ3v) is 3.77. The lowest BCUT2D eigenvalue weighted by molar-refractivity contribution is -0.118. The molecule has 4 heteroatoms. The SMILES string of the molecule is Nc1cc(F)ccc1NC(=O)C1(c2ccccc2)CC1. The van der Waals surface area contributed by atoms with E-state index in [0.29, 0.717) is 5.69 Å². The van der Waals surface area contributed by atoms with Crippen LogP contribution in [-0.2, 0) is 10.2 Å². The molecule has 0 atom stereocenters. The molecule has 1 aliphatic carbocycles. The molecule has 2 aromatic rings. The molecule has 0 unspecified atom stereocenters. The molecule has 102 valence electrons. The minimum Gasteiger partial charge on any atom is -0.397 e. The van der Waals surface area contributed by atoms with E-state index in [1.807, 2.05) is 30.3 Å². The number of anilines is 2. The van der Waals surface area contributed by atoms with Gasteiger partial charge in [0.15, 0.2) is 0 Å². The van der Waals surface area contributed by atoms with E-state index >= 15 is 0 Å². The van der Waals surface area contributed by atoms with Crippen molar-refractivity contribution in [3.05, 3.63) is 59.9 Å². The molecule has 0 spiro atoms. The number of amides is 1. The van der Waals surface area contributed by atoms with Gasteiger partial charge in [-0.15, -0.1) is 0 Å². The van der Waals surface area contributed by atoms with Crippen LogP contribution in [0.2, 0.25) is 0 Å². The molecule has 0 aromatic heterocycles. The Morgan fingerprint density at radius 3 is 2.45 bits per heavy atom. The zero-order chi connectivity index (χ0) is 14.2. The van der Waals surface area contributed by atoms with Crippen LogP contribution in [0.25, 0.3) is 0 Å². The second-order valence-corrected chi connectivity index (χ2v) is 5.13. The van der Waals surface area contributed by atoms with Crippen LogP contribution in [0, 0.1) is 5.82 Å². The van der Waals surface area contributed by atoms with Crippen molar-refractivity contribution >= 4 is 17.3 Å². The third kappa shape index (κ3) is 2.13. The second-order valence-electron chi connectivity index (χ2n) is 5.13. The predicted octanol–water partition coefficient (Wildman–Crippen LogP) is 3.08. The highest BCUT2D eigenvalue weighted by Crippen LogP contribution is 2.49. The summed E-state index contributed by atoms with van der Waals surface area (Å²) in [4.78, 5) is 12.5. The van der Waals surface area contributed by atoms with E-state index in [-0.39, 0.29) is 11.6 Å². The Kier molecular flexibility index (Phi) is 2.93. The number of nitrogens with one attached hydrogen (secondary N) is 1. The summed E-state index contributed by atoms with van der Waals surface area (Å²) in [6, 6.07) is 13.7. The van der Waals surface area contributed by atoms with E-state index in [4.69, 9.17) is 5.73 Å². The maximum Gasteiger partial charge on any atom is 0.235 e. The number of halogens is 1. The molecule has 3 nitrogen and oxygen atoms in total. The van der Waals surface area contributed by atoms with Gasteiger partial charge in [0.05, 0.1) is 16.8 Å². The number of nitrogens with two attached hydrogens (primary N) is 1. The second kappa shape index (κ2) is 4.63. The van der Waals surface area contributed by atoms with E-state index in [9.17, 15) is 9.18 Å². The Hall–Kier alpha value is -2.36. The summed E-state index contributed by atoms with van der Waals surface area (Å²) >= 11 is 0. The quantitative estimate of drug-likeness (QED) is 0.842. The minimum atomic E-state index is -0.456. The van der Waals surface area contributed by atoms with Crippen LogP contribution in [0.3, 0.4) is 0 Å². The molecule has 1 saturated carbocycles. The van der Waals surface area contributed by atoms with Gasteiger partial charge in [-0.2, -0.15) is 0 Å². The van der Waals surface area contributed by atoms with Gasteiger partial charge in [-0.05, 0) is 36.6 Å². The molecular formula is C16H15FN2O. The van der Waals surface area contributed by atoms with Gasteiger partial charge >= 0.3 is 0 Å². The fraction of sp³-hybridized carbons (Fsp3) is 0.188. The molecule has 0 saturated heterocycles. The molecule has 20 heavy (non-hydrogen) atoms. The number of benzene rings is 2. The summed E-state index contributed by atoms with van der Waals surface area (Å²) in [6.07, 6.45) is 1.65. The predicted molar refractivity (Wildman–Crippen MR) is 76.8 cm³/mol. The standard InChI is InChI=1S/C16H15FN2O/c17-12-6-7-14(13(18)10-12)19-15(20)16(8-9-16)11-4-2-1-3-5-11/h1-7,10H,8-9,18H2,(H,19,20). The van der Waals surface area contributed by atoms with Gasteiger partial charge in [0, 0.05) is 0 Å². The van der Waals surface area contributed by atoms with Crippen molar-refractivity contribution in [1.82, 2.24) is 0 Å². The summed E-state index contributed by atoms with van der Waals surface area (Å²) in [5, 5.41) is 2.81. The van der Waals surface area contributed by atoms with E-state index in [1.165, 1.54) is 18.2 Å². The highest BCUT2D eigenvalue weighted by Gasteiger charge is 2.51. The van der Waals surface area contributed by atoms with E-state index < -0.39 is 11.2 Å². The van der Waals surface area contributed by atoms with Crippen LogP contribution in [0.4, 0.5) is 15.8 Å². The molecule has 1 amide bonds. The Labute approximate surface area is 116 Å². The summed E-state index contributed by atoms with van der Waals surface area (Å²) < 4.78 is 13.0. The van der Waals surface area contributed by atoms with Gasteiger partial charge in [0.1, 0.15) is 5.82 Å². The van der Waals surface area contributed by atoms with Crippen molar-refractivity contribution in [2.75, 3.05) is 11.1 Å². The number of hydrogen-bond donors (Lipinski definition) is 2. The van der Waals surface area contributed by atoms with E-state index in [2.05, 4.69) is 5.32 Å². The zero-order valence-electron chi connectivity index (χ0n) is 10.9. The summed E-state index contributed by atoms with van der Waals surface area (Å²) in [5.74, 6) is -0.494. The Morgan fingerprint density at radius 1 is 1.15 bits per heavy atom. The van der Waals surface area contributed by atoms with Crippen LogP contribution in [0.15, 0.2) is 48.5 Å². The van der Waals surface area contributed by atoms with Crippen molar-refractivity contribution in [3.8, 4) is 0 Å². The first-order valence-electron chi connectivity index (χ1n) is 6.54. The van der Waals surface area contributed by atoms with E-state index in [0.717, 1.165) is 18.4 Å². The molecule has 3 rings (SSSR count). The largest absolute Gasteiger partial charge is 0.397 e. The van der Waals surface area contributed by atoms with Crippen molar-refractivity contribution in [3.63, 3.8) is 0 Å². The zero-order valence-corrected chi connectivity index (χ0v) is 10.9. The normalized spacial score (nSPS) is 15.7. The summed E-state index contributed by atoms with van der Waals surface area (Å²) in [6.45, 7) is 0. The lowest BCUT2D eigenvalue weighted by Crippen LogP contribution is -2.28. The van der Waals surface area contributed by atoms with Gasteiger partial charge < -0.3 is 11.1 Å². The molecule has 1 aliphatic rings. The molecule has 0 aliphatic heterocycles. The Morgan fingerprint density at radius 2 is 1.85 bits per heavy atom. The van der Waals surface area contributed by atoms with Crippen LogP contribution < -0.4 is 11.1 Å². The highest BCUT2D eigenvalue weighted by atomic mass is 19.1. The van der Waals surface area contributed by atoms with E-state index in [1.54, 1.807) is 0 Å². The lowest BCUT2D eigenvalue weighted by atomic mass is 9.95. The monoisotopic (exact) mass is 270 g/mol. The minimum absolute atomic E-state index is 0.0815.